The maximum atomic E-state index is 12.3. The van der Waals surface area contributed by atoms with Crippen LogP contribution in [0.25, 0.3) is 0 Å². The molecule has 2 amide bonds. The summed E-state index contributed by atoms with van der Waals surface area (Å²) in [6, 6.07) is 12.1. The van der Waals surface area contributed by atoms with Gasteiger partial charge in [-0.1, -0.05) is 18.2 Å². The van der Waals surface area contributed by atoms with Crippen molar-refractivity contribution in [2.45, 2.75) is 26.3 Å². The van der Waals surface area contributed by atoms with Crippen molar-refractivity contribution < 1.29 is 19.1 Å². The Balaban J connectivity index is 1.97. The topological polar surface area (TPSA) is 76.7 Å². The van der Waals surface area contributed by atoms with Crippen LogP contribution in [0.1, 0.15) is 29.3 Å². The Morgan fingerprint density at radius 1 is 1.04 bits per heavy atom. The minimum absolute atomic E-state index is 0.159. The minimum atomic E-state index is -0.303. The molecule has 2 aromatic rings. The zero-order chi connectivity index (χ0) is 19.1. The zero-order valence-corrected chi connectivity index (χ0v) is 15.5. The lowest BCUT2D eigenvalue weighted by Crippen LogP contribution is -2.35. The molecule has 0 aliphatic rings. The lowest BCUT2D eigenvalue weighted by atomic mass is 10.1. The van der Waals surface area contributed by atoms with Crippen LogP contribution in [0.4, 0.5) is 5.69 Å². The number of anilines is 1. The molecule has 1 atom stereocenters. The molecule has 0 aliphatic heterocycles. The monoisotopic (exact) mass is 356 g/mol. The van der Waals surface area contributed by atoms with Crippen LogP contribution >= 0.6 is 0 Å². The molecule has 0 radical (unpaired) electrons. The molecule has 2 rings (SSSR count). The van der Waals surface area contributed by atoms with E-state index in [1.54, 1.807) is 57.5 Å². The van der Waals surface area contributed by atoms with Crippen molar-refractivity contribution in [3.05, 3.63) is 53.6 Å². The molecule has 0 heterocycles. The molecule has 6 heteroatoms. The van der Waals surface area contributed by atoms with Crippen molar-refractivity contribution in [1.82, 2.24) is 5.32 Å². The molecule has 0 saturated carbocycles. The fourth-order valence-corrected chi connectivity index (χ4v) is 2.54. The van der Waals surface area contributed by atoms with E-state index in [4.69, 9.17) is 9.47 Å². The molecular weight excluding hydrogens is 332 g/mol. The van der Waals surface area contributed by atoms with E-state index in [1.165, 1.54) is 0 Å². The third-order valence-corrected chi connectivity index (χ3v) is 3.91. The van der Waals surface area contributed by atoms with Crippen LogP contribution in [0.5, 0.6) is 11.5 Å². The Hall–Kier alpha value is -3.02. The van der Waals surface area contributed by atoms with Crippen LogP contribution in [0.15, 0.2) is 42.5 Å². The van der Waals surface area contributed by atoms with Gasteiger partial charge in [0.25, 0.3) is 5.91 Å². The third kappa shape index (κ3) is 4.99. The van der Waals surface area contributed by atoms with Gasteiger partial charge in [-0.15, -0.1) is 0 Å². The zero-order valence-electron chi connectivity index (χ0n) is 15.5. The molecule has 138 valence electrons. The molecular formula is C20H24N2O4. The van der Waals surface area contributed by atoms with E-state index in [9.17, 15) is 9.59 Å². The van der Waals surface area contributed by atoms with E-state index in [-0.39, 0.29) is 24.3 Å². The Morgan fingerprint density at radius 3 is 2.27 bits per heavy atom. The lowest BCUT2D eigenvalue weighted by Gasteiger charge is -2.16. The molecule has 0 spiro atoms. The Morgan fingerprint density at radius 2 is 1.65 bits per heavy atom. The summed E-state index contributed by atoms with van der Waals surface area (Å²) in [5, 5.41) is 5.68. The number of amides is 2. The van der Waals surface area contributed by atoms with Crippen LogP contribution in [0.3, 0.4) is 0 Å². The Kier molecular flexibility index (Phi) is 6.60. The van der Waals surface area contributed by atoms with Crippen LogP contribution in [0.2, 0.25) is 0 Å². The van der Waals surface area contributed by atoms with E-state index >= 15 is 0 Å². The molecule has 2 aromatic carbocycles. The number of nitrogens with one attached hydrogen (secondary N) is 2. The largest absolute Gasteiger partial charge is 0.493 e. The molecule has 0 fully saturated rings. The van der Waals surface area contributed by atoms with Gasteiger partial charge in [-0.05, 0) is 37.6 Å². The van der Waals surface area contributed by atoms with E-state index in [2.05, 4.69) is 10.6 Å². The van der Waals surface area contributed by atoms with E-state index in [0.29, 0.717) is 22.7 Å². The first kappa shape index (κ1) is 19.3. The SMILES string of the molecule is COc1cc(C)c(NC(=O)CC(C)NC(=O)c2ccccc2)cc1OC. The van der Waals surface area contributed by atoms with Gasteiger partial charge in [0.2, 0.25) is 5.91 Å². The number of benzene rings is 2. The summed E-state index contributed by atoms with van der Waals surface area (Å²) in [4.78, 5) is 24.4. The first-order valence-electron chi connectivity index (χ1n) is 8.33. The highest BCUT2D eigenvalue weighted by atomic mass is 16.5. The quantitative estimate of drug-likeness (QED) is 0.799. The van der Waals surface area contributed by atoms with Gasteiger partial charge in [0.05, 0.1) is 14.2 Å². The van der Waals surface area contributed by atoms with Crippen molar-refractivity contribution in [1.29, 1.82) is 0 Å². The normalized spacial score (nSPS) is 11.4. The van der Waals surface area contributed by atoms with E-state index < -0.39 is 0 Å². The van der Waals surface area contributed by atoms with Gasteiger partial charge >= 0.3 is 0 Å². The number of hydrogen-bond donors (Lipinski definition) is 2. The van der Waals surface area contributed by atoms with E-state index in [1.807, 2.05) is 13.0 Å². The Labute approximate surface area is 153 Å². The van der Waals surface area contributed by atoms with Crippen LogP contribution in [-0.2, 0) is 4.79 Å². The molecule has 0 aromatic heterocycles. The van der Waals surface area contributed by atoms with Gasteiger partial charge in [0, 0.05) is 29.8 Å². The van der Waals surface area contributed by atoms with Crippen molar-refractivity contribution >= 4 is 17.5 Å². The average Bonchev–Trinajstić information content (AvgIpc) is 2.63. The molecule has 26 heavy (non-hydrogen) atoms. The molecule has 0 aliphatic carbocycles. The standard InChI is InChI=1S/C20H24N2O4/c1-13-10-17(25-3)18(26-4)12-16(13)22-19(23)11-14(2)21-20(24)15-8-6-5-7-9-15/h5-10,12,14H,11H2,1-4H3,(H,21,24)(H,22,23). The average molecular weight is 356 g/mol. The fourth-order valence-electron chi connectivity index (χ4n) is 2.54. The minimum Gasteiger partial charge on any atom is -0.493 e. The molecule has 6 nitrogen and oxygen atoms in total. The third-order valence-electron chi connectivity index (χ3n) is 3.91. The second-order valence-corrected chi connectivity index (χ2v) is 6.01. The van der Waals surface area contributed by atoms with Gasteiger partial charge in [0.1, 0.15) is 0 Å². The van der Waals surface area contributed by atoms with Crippen molar-refractivity contribution in [2.24, 2.45) is 0 Å². The molecule has 0 saturated heterocycles. The highest BCUT2D eigenvalue weighted by molar-refractivity contribution is 5.96. The van der Waals surface area contributed by atoms with Gasteiger partial charge in [-0.2, -0.15) is 0 Å². The maximum absolute atomic E-state index is 12.3. The number of carbonyl (C=O) groups is 2. The number of ether oxygens (including phenoxy) is 2. The summed E-state index contributed by atoms with van der Waals surface area (Å²) < 4.78 is 10.5. The number of carbonyl (C=O) groups excluding carboxylic acids is 2. The number of methoxy groups -OCH3 is 2. The summed E-state index contributed by atoms with van der Waals surface area (Å²) in [6.07, 6.45) is 0.159. The van der Waals surface area contributed by atoms with Gasteiger partial charge < -0.3 is 20.1 Å². The Bertz CT molecular complexity index is 775. The summed E-state index contributed by atoms with van der Waals surface area (Å²) in [5.41, 5.74) is 2.07. The van der Waals surface area contributed by atoms with Crippen LogP contribution in [-0.4, -0.2) is 32.1 Å². The molecule has 1 unspecified atom stereocenters. The highest BCUT2D eigenvalue weighted by Gasteiger charge is 2.15. The first-order valence-corrected chi connectivity index (χ1v) is 8.33. The lowest BCUT2D eigenvalue weighted by molar-refractivity contribution is -0.116. The number of hydrogen-bond acceptors (Lipinski definition) is 4. The first-order chi connectivity index (χ1) is 12.4. The van der Waals surface area contributed by atoms with Gasteiger partial charge in [-0.25, -0.2) is 0 Å². The summed E-state index contributed by atoms with van der Waals surface area (Å²) in [5.74, 6) is 0.750. The van der Waals surface area contributed by atoms with Crippen molar-refractivity contribution in [2.75, 3.05) is 19.5 Å². The number of aryl methyl sites for hydroxylation is 1. The predicted octanol–water partition coefficient (Wildman–Crippen LogP) is 3.16. The summed E-state index contributed by atoms with van der Waals surface area (Å²) in [6.45, 7) is 3.67. The fraction of sp³-hybridized carbons (Fsp3) is 0.300. The second kappa shape index (κ2) is 8.89. The van der Waals surface area contributed by atoms with Gasteiger partial charge in [-0.3, -0.25) is 9.59 Å². The maximum Gasteiger partial charge on any atom is 0.251 e. The smallest absolute Gasteiger partial charge is 0.251 e. The van der Waals surface area contributed by atoms with E-state index in [0.717, 1.165) is 5.56 Å². The second-order valence-electron chi connectivity index (χ2n) is 6.01. The summed E-state index contributed by atoms with van der Waals surface area (Å²) in [7, 11) is 3.10. The van der Waals surface area contributed by atoms with Gasteiger partial charge in [0.15, 0.2) is 11.5 Å². The molecule has 2 N–H and O–H groups in total. The summed E-state index contributed by atoms with van der Waals surface area (Å²) >= 11 is 0. The van der Waals surface area contributed by atoms with Crippen LogP contribution in [0, 0.1) is 6.92 Å². The predicted molar refractivity (Wildman–Crippen MR) is 101 cm³/mol. The van der Waals surface area contributed by atoms with Crippen molar-refractivity contribution in [3.63, 3.8) is 0 Å². The number of rotatable bonds is 7. The van der Waals surface area contributed by atoms with Crippen molar-refractivity contribution in [3.8, 4) is 11.5 Å². The highest BCUT2D eigenvalue weighted by Crippen LogP contribution is 2.32. The molecule has 0 bridgehead atoms. The van der Waals surface area contributed by atoms with Crippen LogP contribution < -0.4 is 20.1 Å².